The number of rotatable bonds is 8. The van der Waals surface area contributed by atoms with Crippen molar-refractivity contribution in [1.82, 2.24) is 14.5 Å². The summed E-state index contributed by atoms with van der Waals surface area (Å²) >= 11 is 3.46. The molecule has 3 aliphatic rings. The van der Waals surface area contributed by atoms with Gasteiger partial charge in [0.2, 0.25) is 21.8 Å². The summed E-state index contributed by atoms with van der Waals surface area (Å²) in [6, 6.07) is 4.09. The molecule has 1 N–H and O–H groups in total. The number of carbonyl (C=O) groups is 2. The average molecular weight is 584 g/mol. The molecule has 4 rings (SSSR count). The molecule has 0 aromatic heterocycles. The third-order valence-electron chi connectivity index (χ3n) is 7.89. The number of sulfonamides is 1. The van der Waals surface area contributed by atoms with E-state index in [1.54, 1.807) is 17.9 Å². The highest BCUT2D eigenvalue weighted by Crippen LogP contribution is 2.39. The van der Waals surface area contributed by atoms with E-state index < -0.39 is 10.0 Å². The Bertz CT molecular complexity index is 1080. The normalized spacial score (nSPS) is 23.5. The largest absolute Gasteiger partial charge is 0.355 e. The highest BCUT2D eigenvalue weighted by Gasteiger charge is 2.38. The van der Waals surface area contributed by atoms with E-state index in [1.807, 2.05) is 6.07 Å². The highest BCUT2D eigenvalue weighted by molar-refractivity contribution is 9.10. The van der Waals surface area contributed by atoms with Gasteiger partial charge in [0.25, 0.3) is 0 Å². The van der Waals surface area contributed by atoms with Crippen molar-refractivity contribution in [2.24, 2.45) is 5.92 Å². The van der Waals surface area contributed by atoms with Crippen LogP contribution in [0.2, 0.25) is 0 Å². The zero-order valence-corrected chi connectivity index (χ0v) is 23.9. The monoisotopic (exact) mass is 582 g/mol. The summed E-state index contributed by atoms with van der Waals surface area (Å²) in [6.45, 7) is 7.54. The molecule has 1 aromatic rings. The predicted molar refractivity (Wildman–Crippen MR) is 144 cm³/mol. The number of likely N-dealkylation sites (tertiary alicyclic amines) is 1. The van der Waals surface area contributed by atoms with Gasteiger partial charge in [-0.05, 0) is 62.8 Å². The van der Waals surface area contributed by atoms with Gasteiger partial charge < -0.3 is 10.2 Å². The van der Waals surface area contributed by atoms with E-state index in [-0.39, 0.29) is 29.2 Å². The molecule has 0 unspecified atom stereocenters. The maximum atomic E-state index is 13.8. The smallest absolute Gasteiger partial charge is 0.245 e. The fraction of sp³-hybridized carbons (Fsp3) is 0.692. The van der Waals surface area contributed by atoms with Crippen molar-refractivity contribution < 1.29 is 18.0 Å². The molecule has 36 heavy (non-hydrogen) atoms. The van der Waals surface area contributed by atoms with Gasteiger partial charge in [0, 0.05) is 49.7 Å². The van der Waals surface area contributed by atoms with Gasteiger partial charge >= 0.3 is 0 Å². The van der Waals surface area contributed by atoms with Crippen LogP contribution in [0, 0.1) is 5.92 Å². The first-order valence-electron chi connectivity index (χ1n) is 13.4. The number of benzene rings is 1. The zero-order chi connectivity index (χ0) is 25.9. The van der Waals surface area contributed by atoms with E-state index in [4.69, 9.17) is 0 Å². The van der Waals surface area contributed by atoms with Crippen LogP contribution in [0.15, 0.2) is 21.5 Å². The lowest BCUT2D eigenvalue weighted by Crippen LogP contribution is -2.48. The fourth-order valence-electron chi connectivity index (χ4n) is 5.90. The van der Waals surface area contributed by atoms with E-state index in [2.05, 4.69) is 33.1 Å². The van der Waals surface area contributed by atoms with Crippen LogP contribution in [0.25, 0.3) is 0 Å². The topological polar surface area (TPSA) is 90.0 Å². The van der Waals surface area contributed by atoms with Crippen LogP contribution < -0.4 is 10.2 Å². The molecule has 2 amide bonds. The first-order valence-corrected chi connectivity index (χ1v) is 15.6. The van der Waals surface area contributed by atoms with Gasteiger partial charge in [-0.3, -0.25) is 14.5 Å². The summed E-state index contributed by atoms with van der Waals surface area (Å²) in [5.74, 6) is -0.518. The number of carbonyl (C=O) groups excluding carboxylic acids is 2. The first kappa shape index (κ1) is 27.5. The second-order valence-corrected chi connectivity index (χ2v) is 13.0. The second kappa shape index (κ2) is 11.9. The Balaban J connectivity index is 1.44. The highest BCUT2D eigenvalue weighted by atomic mass is 79.9. The number of hydrogen-bond acceptors (Lipinski definition) is 5. The van der Waals surface area contributed by atoms with Crippen molar-refractivity contribution in [3.63, 3.8) is 0 Å². The molecule has 10 heteroatoms. The Morgan fingerprint density at radius 1 is 1.08 bits per heavy atom. The fourth-order valence-corrected chi connectivity index (χ4v) is 8.35. The number of nitrogens with one attached hydrogen (secondary N) is 1. The summed E-state index contributed by atoms with van der Waals surface area (Å²) in [6.07, 6.45) is 7.09. The van der Waals surface area contributed by atoms with Gasteiger partial charge in [-0.1, -0.05) is 36.2 Å². The number of anilines is 1. The SMILES string of the molecule is CCC(=O)N1CCc2cc(Br)cc(S(=O)(=O)N3CCC[C@H](C(=O)NCCN4CCCC[C@@H]4CC)C3)c21. The number of amides is 2. The minimum Gasteiger partial charge on any atom is -0.355 e. The Kier molecular flexibility index (Phi) is 9.12. The van der Waals surface area contributed by atoms with Crippen LogP contribution in [0.1, 0.15) is 64.4 Å². The second-order valence-electron chi connectivity index (χ2n) is 10.1. The molecule has 0 saturated carbocycles. The van der Waals surface area contributed by atoms with Crippen molar-refractivity contribution >= 4 is 43.5 Å². The molecule has 3 heterocycles. The van der Waals surface area contributed by atoms with E-state index >= 15 is 0 Å². The third-order valence-corrected chi connectivity index (χ3v) is 10.2. The lowest BCUT2D eigenvalue weighted by Gasteiger charge is -2.35. The van der Waals surface area contributed by atoms with E-state index in [0.717, 1.165) is 25.1 Å². The molecular weight excluding hydrogens is 544 g/mol. The van der Waals surface area contributed by atoms with E-state index in [1.165, 1.54) is 23.6 Å². The van der Waals surface area contributed by atoms with Gasteiger partial charge in [-0.15, -0.1) is 0 Å². The minimum absolute atomic E-state index is 0.0674. The predicted octanol–water partition coefficient (Wildman–Crippen LogP) is 3.53. The maximum Gasteiger partial charge on any atom is 0.245 e. The van der Waals surface area contributed by atoms with E-state index in [0.29, 0.717) is 61.5 Å². The molecule has 200 valence electrons. The summed E-state index contributed by atoms with van der Waals surface area (Å²) in [5, 5.41) is 3.07. The van der Waals surface area contributed by atoms with Gasteiger partial charge in [0.05, 0.1) is 11.6 Å². The Morgan fingerprint density at radius 3 is 2.64 bits per heavy atom. The standard InChI is InChI=1S/C26H39BrN4O4S/c1-3-22-9-5-6-12-29(22)15-11-28-26(33)20-8-7-13-30(18-20)36(34,35)23-17-21(27)16-19-10-14-31(25(19)23)24(32)4-2/h16-17,20,22H,3-15,18H2,1-2H3,(H,28,33)/t20-,22-/m0/s1. The van der Waals surface area contributed by atoms with Gasteiger partial charge in [0.15, 0.2) is 0 Å². The molecule has 0 bridgehead atoms. The molecule has 2 atom stereocenters. The van der Waals surface area contributed by atoms with Crippen molar-refractivity contribution in [2.45, 2.75) is 76.2 Å². The number of piperidine rings is 2. The molecule has 2 fully saturated rings. The van der Waals surface area contributed by atoms with Crippen molar-refractivity contribution in [1.29, 1.82) is 0 Å². The minimum atomic E-state index is -3.88. The maximum absolute atomic E-state index is 13.8. The lowest BCUT2D eigenvalue weighted by molar-refractivity contribution is -0.126. The molecule has 8 nitrogen and oxygen atoms in total. The van der Waals surface area contributed by atoms with E-state index in [9.17, 15) is 18.0 Å². The molecule has 2 saturated heterocycles. The number of hydrogen-bond donors (Lipinski definition) is 1. The van der Waals surface area contributed by atoms with Crippen molar-refractivity contribution in [3.8, 4) is 0 Å². The van der Waals surface area contributed by atoms with Gasteiger partial charge in [-0.2, -0.15) is 4.31 Å². The number of halogens is 1. The van der Waals surface area contributed by atoms with Crippen LogP contribution in [-0.4, -0.2) is 74.7 Å². The van der Waals surface area contributed by atoms with Crippen LogP contribution in [0.4, 0.5) is 5.69 Å². The Morgan fingerprint density at radius 2 is 1.89 bits per heavy atom. The zero-order valence-electron chi connectivity index (χ0n) is 21.5. The Hall–Kier alpha value is -1.49. The average Bonchev–Trinajstić information content (AvgIpc) is 3.31. The molecule has 0 aliphatic carbocycles. The summed E-state index contributed by atoms with van der Waals surface area (Å²) in [4.78, 5) is 29.8. The summed E-state index contributed by atoms with van der Waals surface area (Å²) < 4.78 is 29.8. The lowest BCUT2D eigenvalue weighted by atomic mass is 9.98. The Labute approximate surface area is 223 Å². The molecule has 3 aliphatic heterocycles. The van der Waals surface area contributed by atoms with Gasteiger partial charge in [0.1, 0.15) is 4.90 Å². The van der Waals surface area contributed by atoms with Crippen LogP contribution in [-0.2, 0) is 26.0 Å². The van der Waals surface area contributed by atoms with Crippen LogP contribution >= 0.6 is 15.9 Å². The number of fused-ring (bicyclic) bond motifs is 1. The number of nitrogens with zero attached hydrogens (tertiary/aromatic N) is 3. The summed E-state index contributed by atoms with van der Waals surface area (Å²) in [7, 11) is -3.88. The summed E-state index contributed by atoms with van der Waals surface area (Å²) in [5.41, 5.74) is 1.36. The molecule has 1 aromatic carbocycles. The molecular formula is C26H39BrN4O4S. The van der Waals surface area contributed by atoms with Gasteiger partial charge in [-0.25, -0.2) is 8.42 Å². The van der Waals surface area contributed by atoms with Crippen LogP contribution in [0.3, 0.4) is 0 Å². The first-order chi connectivity index (χ1) is 17.3. The quantitative estimate of drug-likeness (QED) is 0.506. The molecule has 0 radical (unpaired) electrons. The molecule has 0 spiro atoms. The van der Waals surface area contributed by atoms with Crippen LogP contribution in [0.5, 0.6) is 0 Å². The third kappa shape index (κ3) is 5.81. The van der Waals surface area contributed by atoms with Crippen molar-refractivity contribution in [2.75, 3.05) is 44.2 Å². The van der Waals surface area contributed by atoms with Crippen molar-refractivity contribution in [3.05, 3.63) is 22.2 Å².